The number of likely N-dealkylation sites (tertiary alicyclic amines) is 1. The smallest absolute Gasteiger partial charge is 0.185 e. The predicted octanol–water partition coefficient (Wildman–Crippen LogP) is -0.169. The second-order valence-corrected chi connectivity index (χ2v) is 6.44. The van der Waals surface area contributed by atoms with Crippen LogP contribution in [0.25, 0.3) is 0 Å². The van der Waals surface area contributed by atoms with Crippen molar-refractivity contribution in [1.29, 1.82) is 0 Å². The van der Waals surface area contributed by atoms with Crippen LogP contribution in [0.4, 0.5) is 0 Å². The van der Waals surface area contributed by atoms with Crippen LogP contribution in [0.3, 0.4) is 0 Å². The quantitative estimate of drug-likeness (QED) is 0.722. The summed E-state index contributed by atoms with van der Waals surface area (Å²) in [6.45, 7) is 8.01. The normalized spacial score (nSPS) is 20.6. The average Bonchev–Trinajstić information content (AvgIpc) is 2.96. The van der Waals surface area contributed by atoms with E-state index in [2.05, 4.69) is 52.7 Å². The Morgan fingerprint density at radius 1 is 1.24 bits per heavy atom. The lowest BCUT2D eigenvalue weighted by Crippen LogP contribution is -3.00. The molecule has 0 spiro atoms. The van der Waals surface area contributed by atoms with Crippen LogP contribution in [0, 0.1) is 0 Å². The van der Waals surface area contributed by atoms with Gasteiger partial charge in [0.05, 0.1) is 6.42 Å². The van der Waals surface area contributed by atoms with E-state index in [0.29, 0.717) is 0 Å². The van der Waals surface area contributed by atoms with Gasteiger partial charge in [-0.2, -0.15) is 0 Å². The van der Waals surface area contributed by atoms with Crippen molar-refractivity contribution in [1.82, 2.24) is 9.88 Å². The maximum absolute atomic E-state index is 4.44. The molecule has 3 heterocycles. The first-order valence-corrected chi connectivity index (χ1v) is 7.61. The second kappa shape index (κ2) is 6.61. The molecular formula is C17H24ClN3. The lowest BCUT2D eigenvalue weighted by Gasteiger charge is -2.31. The summed E-state index contributed by atoms with van der Waals surface area (Å²) >= 11 is 0. The van der Waals surface area contributed by atoms with E-state index < -0.39 is 0 Å². The minimum atomic E-state index is 0. The predicted molar refractivity (Wildman–Crippen MR) is 81.9 cm³/mol. The Bertz CT molecular complexity index is 528. The van der Waals surface area contributed by atoms with Crippen molar-refractivity contribution in [3.8, 4) is 0 Å². The van der Waals surface area contributed by atoms with Crippen LogP contribution in [-0.4, -0.2) is 39.3 Å². The Kier molecular flexibility index (Phi) is 5.04. The standard InChI is InChI=1S/C17H24N3.ClH/c1-17(2)13-16(19-10-5-6-11-19)8-12-20(17)14-15-7-3-4-9-18-15;/h3-4,7-9,12H,5-6,10-11,13-14H2,1-2H3;1H/q+1;/p-1. The van der Waals surface area contributed by atoms with Gasteiger partial charge in [0.25, 0.3) is 0 Å². The number of halogens is 1. The number of aromatic nitrogens is 1. The van der Waals surface area contributed by atoms with Crippen molar-refractivity contribution >= 4 is 6.21 Å². The Labute approximate surface area is 133 Å². The molecule has 0 aromatic carbocycles. The SMILES string of the molecule is CC1(C)CC(N2CCCC2)=CC=[N+]1Cc1ccccn1.[Cl-]. The molecule has 0 N–H and O–H groups in total. The van der Waals surface area contributed by atoms with Crippen molar-refractivity contribution in [2.45, 2.75) is 45.2 Å². The third kappa shape index (κ3) is 3.65. The highest BCUT2D eigenvalue weighted by Gasteiger charge is 2.35. The van der Waals surface area contributed by atoms with Gasteiger partial charge in [0.2, 0.25) is 0 Å². The van der Waals surface area contributed by atoms with Gasteiger partial charge in [-0.15, -0.1) is 0 Å². The largest absolute Gasteiger partial charge is 1.00 e. The van der Waals surface area contributed by atoms with Gasteiger partial charge >= 0.3 is 0 Å². The fraction of sp³-hybridized carbons (Fsp3) is 0.529. The number of hydrogen-bond acceptors (Lipinski definition) is 2. The second-order valence-electron chi connectivity index (χ2n) is 6.44. The summed E-state index contributed by atoms with van der Waals surface area (Å²) in [5, 5.41) is 0. The molecule has 0 saturated carbocycles. The average molecular weight is 306 g/mol. The molecule has 21 heavy (non-hydrogen) atoms. The molecule has 0 atom stereocenters. The molecule has 2 aliphatic rings. The summed E-state index contributed by atoms with van der Waals surface area (Å²) in [5.41, 5.74) is 2.80. The molecule has 1 aromatic rings. The number of nitrogens with zero attached hydrogens (tertiary/aromatic N) is 3. The molecule has 0 amide bonds. The molecule has 1 saturated heterocycles. The zero-order valence-corrected chi connectivity index (χ0v) is 13.7. The third-order valence-electron chi connectivity index (χ3n) is 4.41. The fourth-order valence-corrected chi connectivity index (χ4v) is 3.14. The minimum Gasteiger partial charge on any atom is -1.00 e. The van der Waals surface area contributed by atoms with Crippen LogP contribution in [0.15, 0.2) is 36.2 Å². The third-order valence-corrected chi connectivity index (χ3v) is 4.41. The van der Waals surface area contributed by atoms with Crippen LogP contribution in [0.2, 0.25) is 0 Å². The molecule has 0 radical (unpaired) electrons. The van der Waals surface area contributed by atoms with E-state index in [1.165, 1.54) is 31.6 Å². The van der Waals surface area contributed by atoms with E-state index in [1.54, 1.807) is 0 Å². The molecule has 114 valence electrons. The fourth-order valence-electron chi connectivity index (χ4n) is 3.14. The Morgan fingerprint density at radius 3 is 2.62 bits per heavy atom. The number of rotatable bonds is 3. The van der Waals surface area contributed by atoms with Gasteiger partial charge in [0.1, 0.15) is 5.69 Å². The monoisotopic (exact) mass is 305 g/mol. The van der Waals surface area contributed by atoms with Crippen molar-refractivity contribution in [3.63, 3.8) is 0 Å². The van der Waals surface area contributed by atoms with Gasteiger partial charge in [0.15, 0.2) is 18.3 Å². The van der Waals surface area contributed by atoms with Crippen molar-refractivity contribution in [2.75, 3.05) is 13.1 Å². The summed E-state index contributed by atoms with van der Waals surface area (Å²) in [5.74, 6) is 0. The highest BCUT2D eigenvalue weighted by molar-refractivity contribution is 5.68. The van der Waals surface area contributed by atoms with Gasteiger partial charge in [-0.3, -0.25) is 4.98 Å². The van der Waals surface area contributed by atoms with Gasteiger partial charge in [0, 0.05) is 44.9 Å². The van der Waals surface area contributed by atoms with Crippen molar-refractivity contribution < 1.29 is 17.0 Å². The lowest BCUT2D eigenvalue weighted by molar-refractivity contribution is -0.613. The summed E-state index contributed by atoms with van der Waals surface area (Å²) < 4.78 is 2.41. The van der Waals surface area contributed by atoms with E-state index >= 15 is 0 Å². The van der Waals surface area contributed by atoms with Crippen LogP contribution >= 0.6 is 0 Å². The van der Waals surface area contributed by atoms with E-state index in [-0.39, 0.29) is 17.9 Å². The first-order valence-electron chi connectivity index (χ1n) is 7.61. The maximum atomic E-state index is 4.44. The first-order chi connectivity index (χ1) is 9.65. The van der Waals surface area contributed by atoms with Crippen LogP contribution < -0.4 is 12.4 Å². The summed E-state index contributed by atoms with van der Waals surface area (Å²) in [7, 11) is 0. The van der Waals surface area contributed by atoms with E-state index in [0.717, 1.165) is 18.7 Å². The zero-order valence-electron chi connectivity index (χ0n) is 12.9. The van der Waals surface area contributed by atoms with Crippen LogP contribution in [0.5, 0.6) is 0 Å². The molecule has 3 rings (SSSR count). The molecular weight excluding hydrogens is 282 g/mol. The Hall–Kier alpha value is -1.35. The highest BCUT2D eigenvalue weighted by atomic mass is 35.5. The van der Waals surface area contributed by atoms with Gasteiger partial charge in [-0.05, 0) is 25.0 Å². The topological polar surface area (TPSA) is 19.1 Å². The molecule has 2 aliphatic heterocycles. The molecule has 3 nitrogen and oxygen atoms in total. The Balaban J connectivity index is 0.00000161. The number of allylic oxidation sites excluding steroid dienone is 1. The summed E-state index contributed by atoms with van der Waals surface area (Å²) in [6, 6.07) is 6.13. The van der Waals surface area contributed by atoms with Crippen LogP contribution in [0.1, 0.15) is 38.8 Å². The minimum absolute atomic E-state index is 0. The molecule has 0 aliphatic carbocycles. The highest BCUT2D eigenvalue weighted by Crippen LogP contribution is 2.28. The summed E-state index contributed by atoms with van der Waals surface area (Å²) in [4.78, 5) is 6.99. The van der Waals surface area contributed by atoms with Gasteiger partial charge in [-0.1, -0.05) is 6.07 Å². The molecule has 1 aromatic heterocycles. The van der Waals surface area contributed by atoms with E-state index in [1.807, 2.05) is 12.3 Å². The molecule has 1 fully saturated rings. The lowest BCUT2D eigenvalue weighted by atomic mass is 9.94. The Morgan fingerprint density at radius 2 is 2.00 bits per heavy atom. The number of pyridine rings is 1. The first kappa shape index (κ1) is 16.0. The van der Waals surface area contributed by atoms with Crippen molar-refractivity contribution in [2.24, 2.45) is 0 Å². The summed E-state index contributed by atoms with van der Waals surface area (Å²) in [6.07, 6.45) is 10.2. The van der Waals surface area contributed by atoms with Crippen LogP contribution in [-0.2, 0) is 6.54 Å². The van der Waals surface area contributed by atoms with E-state index in [4.69, 9.17) is 0 Å². The van der Waals surface area contributed by atoms with E-state index in [9.17, 15) is 0 Å². The number of hydrogen-bond donors (Lipinski definition) is 0. The zero-order chi connectivity index (χ0) is 14.0. The molecule has 0 unspecified atom stereocenters. The van der Waals surface area contributed by atoms with Gasteiger partial charge < -0.3 is 17.3 Å². The molecule has 4 heteroatoms. The van der Waals surface area contributed by atoms with Crippen molar-refractivity contribution in [3.05, 3.63) is 41.9 Å². The van der Waals surface area contributed by atoms with Gasteiger partial charge in [-0.25, -0.2) is 4.58 Å². The maximum Gasteiger partial charge on any atom is 0.185 e. The molecule has 0 bridgehead atoms.